The van der Waals surface area contributed by atoms with Gasteiger partial charge in [-0.15, -0.1) is 0 Å². The molecule has 2 fully saturated rings. The Labute approximate surface area is 200 Å². The molecule has 6 nitrogen and oxygen atoms in total. The van der Waals surface area contributed by atoms with E-state index in [4.69, 9.17) is 9.84 Å². The standard InChI is InChI=1S/C15H21NO4.C12H23N/c1-11(12-8-6-5-7-9-12)16(10-13(17)18)14(19)20-15(2,3)4;1-3-7-11(8-4-1)13-12-9-5-2-6-10-12/h5-9,11H,10H2,1-4H3,(H,17,18);11-13H,1-10H2/t11-;/m0./s1. The van der Waals surface area contributed by atoms with Crippen LogP contribution in [0.15, 0.2) is 30.3 Å². The Morgan fingerprint density at radius 3 is 1.88 bits per heavy atom. The van der Waals surface area contributed by atoms with E-state index in [1.165, 1.54) is 69.1 Å². The first kappa shape index (κ1) is 27.2. The predicted octanol–water partition coefficient (Wildman–Crippen LogP) is 6.31. The van der Waals surface area contributed by atoms with E-state index in [-0.39, 0.29) is 6.04 Å². The van der Waals surface area contributed by atoms with Crippen molar-refractivity contribution in [2.45, 2.75) is 116 Å². The molecular weight excluding hydrogens is 416 g/mol. The molecule has 0 radical (unpaired) electrons. The van der Waals surface area contributed by atoms with Gasteiger partial charge in [0.15, 0.2) is 0 Å². The number of nitrogens with one attached hydrogen (secondary N) is 1. The molecular formula is C27H44N2O4. The van der Waals surface area contributed by atoms with Crippen molar-refractivity contribution in [3.05, 3.63) is 35.9 Å². The van der Waals surface area contributed by atoms with Crippen LogP contribution in [0.3, 0.4) is 0 Å². The molecule has 6 heteroatoms. The van der Waals surface area contributed by atoms with Gasteiger partial charge in [-0.25, -0.2) is 4.79 Å². The van der Waals surface area contributed by atoms with Crippen molar-refractivity contribution in [2.75, 3.05) is 6.54 Å². The van der Waals surface area contributed by atoms with E-state index in [0.29, 0.717) is 0 Å². The highest BCUT2D eigenvalue weighted by molar-refractivity contribution is 5.77. The van der Waals surface area contributed by atoms with Gasteiger partial charge in [0.2, 0.25) is 0 Å². The number of hydrogen-bond donors (Lipinski definition) is 2. The summed E-state index contributed by atoms with van der Waals surface area (Å²) in [5.74, 6) is -1.07. The molecule has 0 bridgehead atoms. The maximum atomic E-state index is 12.1. The predicted molar refractivity (Wildman–Crippen MR) is 132 cm³/mol. The highest BCUT2D eigenvalue weighted by atomic mass is 16.6. The first-order chi connectivity index (χ1) is 15.7. The Morgan fingerprint density at radius 2 is 1.45 bits per heavy atom. The maximum absolute atomic E-state index is 12.1. The highest BCUT2D eigenvalue weighted by Gasteiger charge is 2.28. The van der Waals surface area contributed by atoms with Crippen molar-refractivity contribution in [3.63, 3.8) is 0 Å². The second-order valence-electron chi connectivity index (χ2n) is 10.4. The van der Waals surface area contributed by atoms with Gasteiger partial charge < -0.3 is 15.2 Å². The van der Waals surface area contributed by atoms with Crippen molar-refractivity contribution in [3.8, 4) is 0 Å². The molecule has 3 rings (SSSR count). The molecule has 2 N–H and O–H groups in total. The number of aliphatic carboxylic acids is 1. The normalized spacial score (nSPS) is 18.5. The molecule has 0 aromatic heterocycles. The minimum absolute atomic E-state index is 0.373. The average Bonchev–Trinajstić information content (AvgIpc) is 2.78. The quantitative estimate of drug-likeness (QED) is 0.520. The second kappa shape index (κ2) is 13.6. The fourth-order valence-corrected chi connectivity index (χ4v) is 4.61. The molecule has 186 valence electrons. The van der Waals surface area contributed by atoms with Crippen molar-refractivity contribution >= 4 is 12.1 Å². The molecule has 0 spiro atoms. The minimum atomic E-state index is -1.07. The molecule has 1 amide bonds. The van der Waals surface area contributed by atoms with Gasteiger partial charge in [-0.1, -0.05) is 68.9 Å². The Balaban J connectivity index is 0.000000254. The molecule has 1 aromatic carbocycles. The smallest absolute Gasteiger partial charge is 0.411 e. The fraction of sp³-hybridized carbons (Fsp3) is 0.704. The Kier molecular flexibility index (Phi) is 11.2. The first-order valence-corrected chi connectivity index (χ1v) is 12.7. The summed E-state index contributed by atoms with van der Waals surface area (Å²) in [4.78, 5) is 24.3. The fourth-order valence-electron chi connectivity index (χ4n) is 4.61. The molecule has 2 aliphatic rings. The number of rotatable bonds is 6. The van der Waals surface area contributed by atoms with Crippen molar-refractivity contribution in [2.24, 2.45) is 0 Å². The second-order valence-corrected chi connectivity index (χ2v) is 10.4. The van der Waals surface area contributed by atoms with Crippen LogP contribution in [0.2, 0.25) is 0 Å². The molecule has 1 atom stereocenters. The van der Waals surface area contributed by atoms with Gasteiger partial charge >= 0.3 is 12.1 Å². The summed E-state index contributed by atoms with van der Waals surface area (Å²) in [6.45, 7) is 6.62. The largest absolute Gasteiger partial charge is 0.480 e. The van der Waals surface area contributed by atoms with E-state index < -0.39 is 24.2 Å². The van der Waals surface area contributed by atoms with Crippen LogP contribution in [0.5, 0.6) is 0 Å². The number of carboxylic acids is 1. The number of carboxylic acid groups (broad SMARTS) is 1. The summed E-state index contributed by atoms with van der Waals surface area (Å²) in [7, 11) is 0. The van der Waals surface area contributed by atoms with Crippen LogP contribution in [0.1, 0.15) is 104 Å². The van der Waals surface area contributed by atoms with E-state index in [1.807, 2.05) is 30.3 Å². The number of ether oxygens (including phenoxy) is 1. The number of carbonyl (C=O) groups is 2. The van der Waals surface area contributed by atoms with Gasteiger partial charge in [0.05, 0.1) is 6.04 Å². The molecule has 0 heterocycles. The van der Waals surface area contributed by atoms with E-state index in [1.54, 1.807) is 27.7 Å². The third-order valence-corrected chi connectivity index (χ3v) is 6.36. The summed E-state index contributed by atoms with van der Waals surface area (Å²) in [6.07, 6.45) is 13.9. The van der Waals surface area contributed by atoms with Crippen molar-refractivity contribution in [1.29, 1.82) is 0 Å². The van der Waals surface area contributed by atoms with Crippen LogP contribution >= 0.6 is 0 Å². The SMILES string of the molecule is C1CCC(NC2CCCCC2)CC1.C[C@@H](c1ccccc1)N(CC(=O)O)C(=O)OC(C)(C)C. The molecule has 1 aromatic rings. The van der Waals surface area contributed by atoms with E-state index >= 15 is 0 Å². The average molecular weight is 461 g/mol. The molecule has 0 saturated heterocycles. The van der Waals surface area contributed by atoms with Crippen molar-refractivity contribution < 1.29 is 19.4 Å². The van der Waals surface area contributed by atoms with Crippen molar-refractivity contribution in [1.82, 2.24) is 10.2 Å². The number of benzene rings is 1. The number of hydrogen-bond acceptors (Lipinski definition) is 4. The Morgan fingerprint density at radius 1 is 0.970 bits per heavy atom. The Hall–Kier alpha value is -2.08. The van der Waals surface area contributed by atoms with Crippen LogP contribution in [0, 0.1) is 0 Å². The van der Waals surface area contributed by atoms with Gasteiger partial charge in [-0.3, -0.25) is 9.69 Å². The zero-order valence-corrected chi connectivity index (χ0v) is 21.0. The van der Waals surface area contributed by atoms with Gasteiger partial charge in [-0.05, 0) is 58.9 Å². The molecule has 33 heavy (non-hydrogen) atoms. The van der Waals surface area contributed by atoms with Crippen LogP contribution in [0.25, 0.3) is 0 Å². The van der Waals surface area contributed by atoms with Crippen LogP contribution < -0.4 is 5.32 Å². The molecule has 2 saturated carbocycles. The molecule has 0 unspecified atom stereocenters. The third-order valence-electron chi connectivity index (χ3n) is 6.36. The number of amides is 1. The first-order valence-electron chi connectivity index (χ1n) is 12.7. The lowest BCUT2D eigenvalue weighted by Gasteiger charge is -2.30. The highest BCUT2D eigenvalue weighted by Crippen LogP contribution is 2.23. The topological polar surface area (TPSA) is 78.9 Å². The lowest BCUT2D eigenvalue weighted by molar-refractivity contribution is -0.138. The van der Waals surface area contributed by atoms with E-state index in [0.717, 1.165) is 17.6 Å². The van der Waals surface area contributed by atoms with Crippen LogP contribution in [-0.2, 0) is 9.53 Å². The molecule has 2 aliphatic carbocycles. The number of carbonyl (C=O) groups excluding carboxylic acids is 1. The van der Waals surface area contributed by atoms with Gasteiger partial charge in [0, 0.05) is 12.1 Å². The van der Waals surface area contributed by atoms with E-state index in [9.17, 15) is 9.59 Å². The summed E-state index contributed by atoms with van der Waals surface area (Å²) >= 11 is 0. The van der Waals surface area contributed by atoms with Gasteiger partial charge in [0.25, 0.3) is 0 Å². The van der Waals surface area contributed by atoms with Gasteiger partial charge in [0.1, 0.15) is 12.1 Å². The number of nitrogens with zero attached hydrogens (tertiary/aromatic N) is 1. The third kappa shape index (κ3) is 10.6. The molecule has 0 aliphatic heterocycles. The van der Waals surface area contributed by atoms with E-state index in [2.05, 4.69) is 5.32 Å². The zero-order valence-electron chi connectivity index (χ0n) is 21.0. The lowest BCUT2D eigenvalue weighted by Crippen LogP contribution is -2.41. The summed E-state index contributed by atoms with van der Waals surface area (Å²) in [6, 6.07) is 10.6. The Bertz CT molecular complexity index is 689. The summed E-state index contributed by atoms with van der Waals surface area (Å²) in [5.41, 5.74) is 0.198. The lowest BCUT2D eigenvalue weighted by atomic mass is 9.91. The van der Waals surface area contributed by atoms with Gasteiger partial charge in [-0.2, -0.15) is 0 Å². The summed E-state index contributed by atoms with van der Waals surface area (Å²) < 4.78 is 5.27. The minimum Gasteiger partial charge on any atom is -0.480 e. The van der Waals surface area contributed by atoms with Crippen LogP contribution in [-0.4, -0.2) is 46.3 Å². The zero-order chi connectivity index (χ0) is 24.3. The summed E-state index contributed by atoms with van der Waals surface area (Å²) in [5, 5.41) is 12.8. The maximum Gasteiger partial charge on any atom is 0.411 e. The monoisotopic (exact) mass is 460 g/mol. The van der Waals surface area contributed by atoms with Crippen LogP contribution in [0.4, 0.5) is 4.79 Å².